The largest absolute Gasteiger partial charge is 0.494 e. The van der Waals surface area contributed by atoms with Gasteiger partial charge in [0.2, 0.25) is 0 Å². The van der Waals surface area contributed by atoms with Crippen LogP contribution < -0.4 is 5.32 Å². The Balaban J connectivity index is 1.72. The van der Waals surface area contributed by atoms with Crippen molar-refractivity contribution in [2.45, 2.75) is 19.3 Å². The first kappa shape index (κ1) is 8.82. The van der Waals surface area contributed by atoms with Gasteiger partial charge in [-0.1, -0.05) is 6.08 Å². The van der Waals surface area contributed by atoms with Gasteiger partial charge in [0.1, 0.15) is 5.76 Å². The standard InChI is InChI=1S/C11H17NO/c1-2-4-11(5-3-1)13-9-10-6-7-12-8-10/h2,4-5,10,12H,1,3,6-9H2. The van der Waals surface area contributed by atoms with Crippen LogP contribution in [0.5, 0.6) is 0 Å². The number of rotatable bonds is 3. The molecule has 1 saturated heterocycles. The van der Waals surface area contributed by atoms with Gasteiger partial charge in [-0.05, 0) is 38.0 Å². The zero-order chi connectivity index (χ0) is 8.93. The van der Waals surface area contributed by atoms with Crippen molar-refractivity contribution < 1.29 is 4.74 Å². The maximum atomic E-state index is 5.70. The summed E-state index contributed by atoms with van der Waals surface area (Å²) in [6, 6.07) is 0. The summed E-state index contributed by atoms with van der Waals surface area (Å²) in [5.41, 5.74) is 0. The lowest BCUT2D eigenvalue weighted by Crippen LogP contribution is -2.13. The maximum absolute atomic E-state index is 5.70. The molecule has 1 aliphatic heterocycles. The van der Waals surface area contributed by atoms with Crippen LogP contribution in [0.25, 0.3) is 0 Å². The molecule has 0 spiro atoms. The molecule has 1 heterocycles. The Bertz CT molecular complexity index is 214. The van der Waals surface area contributed by atoms with E-state index in [1.807, 2.05) is 0 Å². The molecule has 1 atom stereocenters. The van der Waals surface area contributed by atoms with Gasteiger partial charge < -0.3 is 10.1 Å². The monoisotopic (exact) mass is 179 g/mol. The van der Waals surface area contributed by atoms with Gasteiger partial charge in [0.15, 0.2) is 0 Å². The van der Waals surface area contributed by atoms with E-state index in [2.05, 4.69) is 23.5 Å². The van der Waals surface area contributed by atoms with Gasteiger partial charge in [0.05, 0.1) is 6.61 Å². The van der Waals surface area contributed by atoms with E-state index >= 15 is 0 Å². The molecule has 2 heteroatoms. The minimum Gasteiger partial charge on any atom is -0.494 e. The lowest BCUT2D eigenvalue weighted by Gasteiger charge is -2.13. The van der Waals surface area contributed by atoms with Crippen LogP contribution in [0.1, 0.15) is 19.3 Å². The molecule has 0 aromatic heterocycles. The van der Waals surface area contributed by atoms with Gasteiger partial charge in [-0.2, -0.15) is 0 Å². The van der Waals surface area contributed by atoms with Crippen molar-refractivity contribution in [3.05, 3.63) is 24.0 Å². The molecule has 1 fully saturated rings. The predicted octanol–water partition coefficient (Wildman–Crippen LogP) is 1.85. The Morgan fingerprint density at radius 3 is 3.15 bits per heavy atom. The molecule has 1 aliphatic carbocycles. The van der Waals surface area contributed by atoms with E-state index in [9.17, 15) is 0 Å². The maximum Gasteiger partial charge on any atom is 0.115 e. The fraction of sp³-hybridized carbons (Fsp3) is 0.636. The van der Waals surface area contributed by atoms with Crippen molar-refractivity contribution in [2.75, 3.05) is 19.7 Å². The predicted molar refractivity (Wildman–Crippen MR) is 53.4 cm³/mol. The minimum absolute atomic E-state index is 0.719. The number of allylic oxidation sites excluding steroid dienone is 3. The van der Waals surface area contributed by atoms with Crippen molar-refractivity contribution >= 4 is 0 Å². The Morgan fingerprint density at radius 1 is 1.46 bits per heavy atom. The topological polar surface area (TPSA) is 21.3 Å². The van der Waals surface area contributed by atoms with E-state index in [0.717, 1.165) is 44.2 Å². The van der Waals surface area contributed by atoms with Gasteiger partial charge in [0, 0.05) is 12.5 Å². The number of nitrogens with one attached hydrogen (secondary N) is 1. The summed E-state index contributed by atoms with van der Waals surface area (Å²) >= 11 is 0. The zero-order valence-electron chi connectivity index (χ0n) is 7.96. The zero-order valence-corrected chi connectivity index (χ0v) is 7.96. The second-order valence-electron chi connectivity index (χ2n) is 3.76. The van der Waals surface area contributed by atoms with Gasteiger partial charge in [0.25, 0.3) is 0 Å². The fourth-order valence-electron chi connectivity index (χ4n) is 1.77. The van der Waals surface area contributed by atoms with Gasteiger partial charge in [-0.3, -0.25) is 0 Å². The smallest absolute Gasteiger partial charge is 0.115 e. The Kier molecular flexibility index (Phi) is 3.03. The molecular formula is C11H17NO. The van der Waals surface area contributed by atoms with Crippen molar-refractivity contribution in [1.82, 2.24) is 5.32 Å². The third-order valence-electron chi connectivity index (χ3n) is 2.61. The van der Waals surface area contributed by atoms with E-state index in [-0.39, 0.29) is 0 Å². The molecule has 2 aliphatic rings. The summed E-state index contributed by atoms with van der Waals surface area (Å²) < 4.78 is 5.70. The van der Waals surface area contributed by atoms with E-state index in [4.69, 9.17) is 4.74 Å². The van der Waals surface area contributed by atoms with Gasteiger partial charge >= 0.3 is 0 Å². The molecule has 0 aromatic carbocycles. The van der Waals surface area contributed by atoms with Crippen LogP contribution in [0, 0.1) is 5.92 Å². The van der Waals surface area contributed by atoms with Crippen LogP contribution >= 0.6 is 0 Å². The molecule has 0 bridgehead atoms. The second-order valence-corrected chi connectivity index (χ2v) is 3.76. The first-order valence-electron chi connectivity index (χ1n) is 5.15. The van der Waals surface area contributed by atoms with Gasteiger partial charge in [-0.15, -0.1) is 0 Å². The van der Waals surface area contributed by atoms with Crippen LogP contribution in [0.4, 0.5) is 0 Å². The van der Waals surface area contributed by atoms with E-state index in [0.29, 0.717) is 0 Å². The van der Waals surface area contributed by atoms with Crippen LogP contribution in [0.3, 0.4) is 0 Å². The third-order valence-corrected chi connectivity index (χ3v) is 2.61. The average Bonchev–Trinajstić information content (AvgIpc) is 2.69. The van der Waals surface area contributed by atoms with Gasteiger partial charge in [-0.25, -0.2) is 0 Å². The molecule has 2 rings (SSSR count). The summed E-state index contributed by atoms with van der Waals surface area (Å²) in [7, 11) is 0. The van der Waals surface area contributed by atoms with Crippen molar-refractivity contribution in [1.29, 1.82) is 0 Å². The van der Waals surface area contributed by atoms with Crippen LogP contribution in [0.15, 0.2) is 24.0 Å². The molecule has 2 nitrogen and oxygen atoms in total. The molecule has 0 saturated carbocycles. The molecular weight excluding hydrogens is 162 g/mol. The fourth-order valence-corrected chi connectivity index (χ4v) is 1.77. The molecule has 0 aromatic rings. The lowest BCUT2D eigenvalue weighted by atomic mass is 10.1. The van der Waals surface area contributed by atoms with E-state index < -0.39 is 0 Å². The third kappa shape index (κ3) is 2.59. The molecule has 0 amide bonds. The van der Waals surface area contributed by atoms with Crippen LogP contribution in [0.2, 0.25) is 0 Å². The summed E-state index contributed by atoms with van der Waals surface area (Å²) in [6.07, 6.45) is 10.0. The highest BCUT2D eigenvalue weighted by atomic mass is 16.5. The Labute approximate surface area is 79.7 Å². The van der Waals surface area contributed by atoms with Crippen molar-refractivity contribution in [3.63, 3.8) is 0 Å². The first-order valence-corrected chi connectivity index (χ1v) is 5.15. The van der Waals surface area contributed by atoms with E-state index in [1.165, 1.54) is 6.42 Å². The van der Waals surface area contributed by atoms with Crippen molar-refractivity contribution in [3.8, 4) is 0 Å². The number of ether oxygens (including phenoxy) is 1. The minimum atomic E-state index is 0.719. The highest BCUT2D eigenvalue weighted by Gasteiger charge is 2.14. The van der Waals surface area contributed by atoms with E-state index in [1.54, 1.807) is 0 Å². The first-order chi connectivity index (χ1) is 6.45. The van der Waals surface area contributed by atoms with Crippen LogP contribution in [-0.4, -0.2) is 19.7 Å². The normalized spacial score (nSPS) is 27.4. The second kappa shape index (κ2) is 4.47. The molecule has 13 heavy (non-hydrogen) atoms. The summed E-state index contributed by atoms with van der Waals surface area (Å²) in [4.78, 5) is 0. The Morgan fingerprint density at radius 2 is 2.46 bits per heavy atom. The quantitative estimate of drug-likeness (QED) is 0.714. The summed E-state index contributed by atoms with van der Waals surface area (Å²) in [6.45, 7) is 3.16. The molecule has 72 valence electrons. The molecule has 1 N–H and O–H groups in total. The molecule has 0 radical (unpaired) electrons. The number of hydrogen-bond donors (Lipinski definition) is 1. The molecule has 1 unspecified atom stereocenters. The lowest BCUT2D eigenvalue weighted by molar-refractivity contribution is 0.181. The van der Waals surface area contributed by atoms with Crippen molar-refractivity contribution in [2.24, 2.45) is 5.92 Å². The summed E-state index contributed by atoms with van der Waals surface area (Å²) in [5.74, 6) is 1.79. The number of hydrogen-bond acceptors (Lipinski definition) is 2. The average molecular weight is 179 g/mol. The Hall–Kier alpha value is -0.760. The highest BCUT2D eigenvalue weighted by Crippen LogP contribution is 2.14. The SMILES string of the molecule is C1=CC(OCC2CCNC2)=CCC1. The summed E-state index contributed by atoms with van der Waals surface area (Å²) in [5, 5.41) is 3.34. The van der Waals surface area contributed by atoms with Crippen LogP contribution in [-0.2, 0) is 4.74 Å². The highest BCUT2D eigenvalue weighted by molar-refractivity contribution is 5.15.